The Labute approximate surface area is 111 Å². The van der Waals surface area contributed by atoms with E-state index in [4.69, 9.17) is 5.73 Å². The number of primary amides is 1. The molecule has 19 heavy (non-hydrogen) atoms. The Balaban J connectivity index is 2.30. The van der Waals surface area contributed by atoms with Crippen LogP contribution in [0.1, 0.15) is 23.3 Å². The van der Waals surface area contributed by atoms with Crippen LogP contribution in [0.25, 0.3) is 0 Å². The monoisotopic (exact) mass is 256 g/mol. The van der Waals surface area contributed by atoms with Gasteiger partial charge >= 0.3 is 6.03 Å². The van der Waals surface area contributed by atoms with Crippen molar-refractivity contribution >= 4 is 6.03 Å². The van der Waals surface area contributed by atoms with Crippen LogP contribution in [0.15, 0.2) is 60.7 Å². The summed E-state index contributed by atoms with van der Waals surface area (Å²) in [5, 5.41) is 13.0. The molecule has 2 aromatic rings. The predicted molar refractivity (Wildman–Crippen MR) is 73.3 cm³/mol. The molecule has 0 aliphatic heterocycles. The average Bonchev–Trinajstić information content (AvgIpc) is 2.46. The number of urea groups is 1. The SMILES string of the molecule is NC(=O)NC(c1ccccc1)C(O)c1ccccc1. The molecule has 0 bridgehead atoms. The number of amides is 2. The van der Waals surface area contributed by atoms with Gasteiger partial charge in [0.15, 0.2) is 0 Å². The lowest BCUT2D eigenvalue weighted by Crippen LogP contribution is -2.36. The van der Waals surface area contributed by atoms with Gasteiger partial charge in [0.25, 0.3) is 0 Å². The molecule has 0 fully saturated rings. The van der Waals surface area contributed by atoms with Gasteiger partial charge in [0.2, 0.25) is 0 Å². The molecule has 4 heteroatoms. The molecule has 0 radical (unpaired) electrons. The van der Waals surface area contributed by atoms with Crippen LogP contribution in [0.4, 0.5) is 4.79 Å². The van der Waals surface area contributed by atoms with Crippen molar-refractivity contribution in [3.63, 3.8) is 0 Å². The molecule has 0 spiro atoms. The molecule has 2 amide bonds. The molecular weight excluding hydrogens is 240 g/mol. The van der Waals surface area contributed by atoms with Crippen LogP contribution in [-0.2, 0) is 0 Å². The van der Waals surface area contributed by atoms with E-state index in [1.807, 2.05) is 60.7 Å². The molecule has 0 saturated heterocycles. The van der Waals surface area contributed by atoms with E-state index < -0.39 is 18.2 Å². The minimum Gasteiger partial charge on any atom is -0.386 e. The van der Waals surface area contributed by atoms with E-state index in [-0.39, 0.29) is 0 Å². The molecule has 4 nitrogen and oxygen atoms in total. The lowest BCUT2D eigenvalue weighted by atomic mass is 9.96. The molecule has 2 unspecified atom stereocenters. The fourth-order valence-electron chi connectivity index (χ4n) is 2.00. The van der Waals surface area contributed by atoms with Crippen molar-refractivity contribution in [3.05, 3.63) is 71.8 Å². The third-order valence-electron chi connectivity index (χ3n) is 2.91. The molecule has 0 heterocycles. The second kappa shape index (κ2) is 6.02. The van der Waals surface area contributed by atoms with Gasteiger partial charge in [-0.1, -0.05) is 60.7 Å². The minimum absolute atomic E-state index is 0.568. The lowest BCUT2D eigenvalue weighted by molar-refractivity contribution is 0.131. The third kappa shape index (κ3) is 3.33. The van der Waals surface area contributed by atoms with Crippen LogP contribution in [0.5, 0.6) is 0 Å². The summed E-state index contributed by atoms with van der Waals surface area (Å²) in [6, 6.07) is 17.2. The van der Waals surface area contributed by atoms with Crippen LogP contribution < -0.4 is 11.1 Å². The van der Waals surface area contributed by atoms with Crippen molar-refractivity contribution in [2.75, 3.05) is 0 Å². The van der Waals surface area contributed by atoms with E-state index in [1.54, 1.807) is 0 Å². The highest BCUT2D eigenvalue weighted by Gasteiger charge is 2.23. The maximum atomic E-state index is 11.1. The van der Waals surface area contributed by atoms with Gasteiger partial charge in [-0.15, -0.1) is 0 Å². The summed E-state index contributed by atoms with van der Waals surface area (Å²) in [7, 11) is 0. The highest BCUT2D eigenvalue weighted by atomic mass is 16.3. The fraction of sp³-hybridized carbons (Fsp3) is 0.133. The molecule has 0 aromatic heterocycles. The number of aliphatic hydroxyl groups excluding tert-OH is 1. The van der Waals surface area contributed by atoms with E-state index in [2.05, 4.69) is 5.32 Å². The zero-order valence-corrected chi connectivity index (χ0v) is 10.4. The number of carbonyl (C=O) groups excluding carboxylic acids is 1. The molecule has 2 aromatic carbocycles. The molecule has 0 saturated carbocycles. The number of rotatable bonds is 4. The van der Waals surface area contributed by atoms with Gasteiger partial charge in [-0.2, -0.15) is 0 Å². The van der Waals surface area contributed by atoms with Gasteiger partial charge in [0.05, 0.1) is 6.04 Å². The van der Waals surface area contributed by atoms with Crippen LogP contribution >= 0.6 is 0 Å². The molecule has 4 N–H and O–H groups in total. The highest BCUT2D eigenvalue weighted by molar-refractivity contribution is 5.72. The Bertz CT molecular complexity index is 528. The molecule has 2 atom stereocenters. The van der Waals surface area contributed by atoms with Crippen molar-refractivity contribution in [2.24, 2.45) is 5.73 Å². The first-order valence-corrected chi connectivity index (χ1v) is 6.02. The first-order valence-electron chi connectivity index (χ1n) is 6.02. The Hall–Kier alpha value is -2.33. The Morgan fingerprint density at radius 2 is 1.42 bits per heavy atom. The summed E-state index contributed by atoms with van der Waals surface area (Å²) in [5.74, 6) is 0. The maximum absolute atomic E-state index is 11.1. The average molecular weight is 256 g/mol. The van der Waals surface area contributed by atoms with Gasteiger partial charge in [0.1, 0.15) is 6.10 Å². The number of hydrogen-bond donors (Lipinski definition) is 3. The maximum Gasteiger partial charge on any atom is 0.312 e. The number of carbonyl (C=O) groups is 1. The van der Waals surface area contributed by atoms with E-state index >= 15 is 0 Å². The summed E-state index contributed by atoms with van der Waals surface area (Å²) in [6.07, 6.45) is -0.851. The van der Waals surface area contributed by atoms with Crippen LogP contribution in [0.3, 0.4) is 0 Å². The zero-order chi connectivity index (χ0) is 13.7. The first-order chi connectivity index (χ1) is 9.18. The van der Waals surface area contributed by atoms with Crippen molar-refractivity contribution in [1.29, 1.82) is 0 Å². The molecule has 98 valence electrons. The molecule has 0 aliphatic carbocycles. The Kier molecular flexibility index (Phi) is 4.15. The number of nitrogens with two attached hydrogens (primary N) is 1. The zero-order valence-electron chi connectivity index (χ0n) is 10.4. The second-order valence-electron chi connectivity index (χ2n) is 4.25. The van der Waals surface area contributed by atoms with Gasteiger partial charge < -0.3 is 16.2 Å². The summed E-state index contributed by atoms with van der Waals surface area (Å²) < 4.78 is 0. The fourth-order valence-corrected chi connectivity index (χ4v) is 2.00. The summed E-state index contributed by atoms with van der Waals surface area (Å²) in [6.45, 7) is 0. The highest BCUT2D eigenvalue weighted by Crippen LogP contribution is 2.28. The first kappa shape index (κ1) is 13.1. The minimum atomic E-state index is -0.851. The molecule has 2 rings (SSSR count). The van der Waals surface area contributed by atoms with Crippen molar-refractivity contribution in [2.45, 2.75) is 12.1 Å². The van der Waals surface area contributed by atoms with E-state index in [1.165, 1.54) is 0 Å². The van der Waals surface area contributed by atoms with Crippen molar-refractivity contribution in [1.82, 2.24) is 5.32 Å². The van der Waals surface area contributed by atoms with Crippen LogP contribution in [0, 0.1) is 0 Å². The second-order valence-corrected chi connectivity index (χ2v) is 4.25. The third-order valence-corrected chi connectivity index (χ3v) is 2.91. The van der Waals surface area contributed by atoms with Crippen LogP contribution in [-0.4, -0.2) is 11.1 Å². The number of hydrogen-bond acceptors (Lipinski definition) is 2. The summed E-state index contributed by atoms with van der Waals surface area (Å²) in [4.78, 5) is 11.1. The quantitative estimate of drug-likeness (QED) is 0.783. The van der Waals surface area contributed by atoms with Gasteiger partial charge in [-0.05, 0) is 11.1 Å². The Morgan fingerprint density at radius 3 is 1.89 bits per heavy atom. The van der Waals surface area contributed by atoms with Gasteiger partial charge in [-0.3, -0.25) is 0 Å². The largest absolute Gasteiger partial charge is 0.386 e. The molecular formula is C15H16N2O2. The standard InChI is InChI=1S/C15H16N2O2/c16-15(19)17-13(11-7-3-1-4-8-11)14(18)12-9-5-2-6-10-12/h1-10,13-14,18H,(H3,16,17,19). The Morgan fingerprint density at radius 1 is 0.947 bits per heavy atom. The summed E-state index contributed by atoms with van der Waals surface area (Å²) in [5.41, 5.74) is 6.72. The van der Waals surface area contributed by atoms with E-state index in [0.717, 1.165) is 11.1 Å². The number of nitrogens with one attached hydrogen (secondary N) is 1. The smallest absolute Gasteiger partial charge is 0.312 e. The predicted octanol–water partition coefficient (Wildman–Crippen LogP) is 2.13. The van der Waals surface area contributed by atoms with Crippen LogP contribution in [0.2, 0.25) is 0 Å². The molecule has 0 aliphatic rings. The summed E-state index contributed by atoms with van der Waals surface area (Å²) >= 11 is 0. The van der Waals surface area contributed by atoms with E-state index in [9.17, 15) is 9.90 Å². The van der Waals surface area contributed by atoms with Crippen molar-refractivity contribution in [3.8, 4) is 0 Å². The van der Waals surface area contributed by atoms with Gasteiger partial charge in [0, 0.05) is 0 Å². The number of benzene rings is 2. The topological polar surface area (TPSA) is 75.4 Å². The van der Waals surface area contributed by atoms with Crippen molar-refractivity contribution < 1.29 is 9.90 Å². The van der Waals surface area contributed by atoms with Gasteiger partial charge in [-0.25, -0.2) is 4.79 Å². The van der Waals surface area contributed by atoms with E-state index in [0.29, 0.717) is 0 Å². The lowest BCUT2D eigenvalue weighted by Gasteiger charge is -2.24. The normalized spacial score (nSPS) is 13.5. The number of aliphatic hydroxyl groups is 1.